The molecule has 1 fully saturated rings. The van der Waals surface area contributed by atoms with Gasteiger partial charge in [0.25, 0.3) is 0 Å². The quantitative estimate of drug-likeness (QED) is 0.843. The van der Waals surface area contributed by atoms with Gasteiger partial charge in [-0.05, 0) is 18.9 Å². The van der Waals surface area contributed by atoms with E-state index in [1.165, 1.54) is 10.6 Å². The zero-order valence-electron chi connectivity index (χ0n) is 12.7. The Balaban J connectivity index is 1.71. The van der Waals surface area contributed by atoms with Crippen LogP contribution in [0.5, 0.6) is 0 Å². The zero-order chi connectivity index (χ0) is 15.7. The second-order valence-corrected chi connectivity index (χ2v) is 7.59. The van der Waals surface area contributed by atoms with Gasteiger partial charge in [-0.2, -0.15) is 5.10 Å². The van der Waals surface area contributed by atoms with Gasteiger partial charge in [0, 0.05) is 38.4 Å². The van der Waals surface area contributed by atoms with E-state index >= 15 is 0 Å². The Bertz CT molecular complexity index is 746. The number of rotatable bonds is 3. The van der Waals surface area contributed by atoms with Gasteiger partial charge in [0.2, 0.25) is 10.0 Å². The number of aryl methyl sites for hydroxylation is 1. The first kappa shape index (κ1) is 15.1. The molecule has 0 amide bonds. The van der Waals surface area contributed by atoms with E-state index in [1.54, 1.807) is 23.3 Å². The second kappa shape index (κ2) is 5.77. The van der Waals surface area contributed by atoms with Gasteiger partial charge < -0.3 is 0 Å². The molecule has 3 rings (SSSR count). The van der Waals surface area contributed by atoms with Crippen LogP contribution in [-0.4, -0.2) is 51.8 Å². The van der Waals surface area contributed by atoms with E-state index < -0.39 is 10.0 Å². The van der Waals surface area contributed by atoms with Crippen LogP contribution in [0.25, 0.3) is 11.4 Å². The third kappa shape index (κ3) is 3.02. The van der Waals surface area contributed by atoms with Crippen molar-refractivity contribution >= 4 is 10.0 Å². The number of aromatic nitrogens is 4. The van der Waals surface area contributed by atoms with Crippen molar-refractivity contribution < 1.29 is 8.42 Å². The molecule has 0 aliphatic carbocycles. The van der Waals surface area contributed by atoms with E-state index in [-0.39, 0.29) is 5.92 Å². The molecule has 0 radical (unpaired) electrons. The second-order valence-electron chi connectivity index (χ2n) is 5.60. The molecule has 0 N–H and O–H groups in total. The van der Waals surface area contributed by atoms with Crippen molar-refractivity contribution in [1.82, 2.24) is 24.1 Å². The summed E-state index contributed by atoms with van der Waals surface area (Å²) in [5.41, 5.74) is 2.64. The van der Waals surface area contributed by atoms with E-state index in [0.717, 1.165) is 29.9 Å². The number of hydrogen-bond acceptors (Lipinski definition) is 5. The van der Waals surface area contributed by atoms with Crippen LogP contribution in [0.15, 0.2) is 24.7 Å². The Kier molecular flexibility index (Phi) is 3.96. The first-order valence-electron chi connectivity index (χ1n) is 7.20. The summed E-state index contributed by atoms with van der Waals surface area (Å²) in [5, 5.41) is 4.12. The largest absolute Gasteiger partial charge is 0.266 e. The van der Waals surface area contributed by atoms with Gasteiger partial charge in [-0.1, -0.05) is 0 Å². The molecule has 0 bridgehead atoms. The number of nitrogens with zero attached hydrogens (tertiary/aromatic N) is 5. The highest BCUT2D eigenvalue weighted by Gasteiger charge is 2.26. The Labute approximate surface area is 130 Å². The molecule has 0 saturated carbocycles. The third-order valence-corrected chi connectivity index (χ3v) is 5.40. The fourth-order valence-corrected chi connectivity index (χ4v) is 3.66. The molecule has 0 spiro atoms. The smallest absolute Gasteiger partial charge is 0.211 e. The Morgan fingerprint density at radius 3 is 2.41 bits per heavy atom. The van der Waals surface area contributed by atoms with Gasteiger partial charge in [0.15, 0.2) is 0 Å². The van der Waals surface area contributed by atoms with E-state index in [1.807, 2.05) is 13.1 Å². The van der Waals surface area contributed by atoms with Gasteiger partial charge in [-0.15, -0.1) is 0 Å². The Hall–Kier alpha value is -1.80. The van der Waals surface area contributed by atoms with Crippen LogP contribution in [0.1, 0.15) is 24.5 Å². The SMILES string of the molecule is Cn1nccc1-c1cnc(C2CCN(S(C)(=O)=O)CC2)cn1. The molecule has 0 aromatic carbocycles. The normalized spacial score (nSPS) is 17.7. The minimum Gasteiger partial charge on any atom is -0.266 e. The molecule has 1 aliphatic heterocycles. The first-order chi connectivity index (χ1) is 10.4. The van der Waals surface area contributed by atoms with Gasteiger partial charge in [0.05, 0.1) is 23.8 Å². The third-order valence-electron chi connectivity index (χ3n) is 4.10. The highest BCUT2D eigenvalue weighted by Crippen LogP contribution is 2.27. The average Bonchev–Trinajstić information content (AvgIpc) is 2.93. The van der Waals surface area contributed by atoms with Crippen LogP contribution in [0, 0.1) is 0 Å². The monoisotopic (exact) mass is 321 g/mol. The Morgan fingerprint density at radius 1 is 1.18 bits per heavy atom. The lowest BCUT2D eigenvalue weighted by molar-refractivity contribution is 0.318. The highest BCUT2D eigenvalue weighted by atomic mass is 32.2. The molecule has 0 atom stereocenters. The maximum atomic E-state index is 11.5. The van der Waals surface area contributed by atoms with Crippen molar-refractivity contribution in [1.29, 1.82) is 0 Å². The van der Waals surface area contributed by atoms with Crippen LogP contribution >= 0.6 is 0 Å². The van der Waals surface area contributed by atoms with Gasteiger partial charge in [-0.25, -0.2) is 12.7 Å². The van der Waals surface area contributed by atoms with E-state index in [9.17, 15) is 8.42 Å². The van der Waals surface area contributed by atoms with E-state index in [2.05, 4.69) is 15.1 Å². The molecule has 0 unspecified atom stereocenters. The summed E-state index contributed by atoms with van der Waals surface area (Å²) in [6, 6.07) is 1.90. The first-order valence-corrected chi connectivity index (χ1v) is 9.05. The topological polar surface area (TPSA) is 81.0 Å². The summed E-state index contributed by atoms with van der Waals surface area (Å²) < 4.78 is 26.3. The van der Waals surface area contributed by atoms with Gasteiger partial charge in [0.1, 0.15) is 5.69 Å². The number of sulfonamides is 1. The zero-order valence-corrected chi connectivity index (χ0v) is 13.5. The van der Waals surface area contributed by atoms with E-state index in [4.69, 9.17) is 0 Å². The summed E-state index contributed by atoms with van der Waals surface area (Å²) in [5.74, 6) is 0.270. The lowest BCUT2D eigenvalue weighted by Gasteiger charge is -2.29. The van der Waals surface area contributed by atoms with E-state index in [0.29, 0.717) is 13.1 Å². The standard InChI is InChI=1S/C14H19N5O2S/c1-18-14(3-6-17-18)13-10-15-12(9-16-13)11-4-7-19(8-5-11)22(2,20)21/h3,6,9-11H,4-5,7-8H2,1-2H3. The fourth-order valence-electron chi connectivity index (χ4n) is 2.79. The van der Waals surface area contributed by atoms with Crippen LogP contribution in [0.4, 0.5) is 0 Å². The van der Waals surface area contributed by atoms with Crippen molar-refractivity contribution in [2.45, 2.75) is 18.8 Å². The summed E-state index contributed by atoms with van der Waals surface area (Å²) >= 11 is 0. The number of piperidine rings is 1. The predicted octanol–water partition coefficient (Wildman–Crippen LogP) is 1.02. The van der Waals surface area contributed by atoms with Gasteiger partial charge in [-0.3, -0.25) is 14.6 Å². The van der Waals surface area contributed by atoms with Crippen molar-refractivity contribution in [2.24, 2.45) is 7.05 Å². The summed E-state index contributed by atoms with van der Waals surface area (Å²) in [4.78, 5) is 8.98. The van der Waals surface area contributed by atoms with Crippen molar-refractivity contribution in [2.75, 3.05) is 19.3 Å². The molecular formula is C14H19N5O2S. The summed E-state index contributed by atoms with van der Waals surface area (Å²) in [6.07, 6.45) is 8.11. The maximum Gasteiger partial charge on any atom is 0.211 e. The van der Waals surface area contributed by atoms with Gasteiger partial charge >= 0.3 is 0 Å². The molecule has 2 aromatic heterocycles. The molecule has 1 saturated heterocycles. The maximum absolute atomic E-state index is 11.5. The lowest BCUT2D eigenvalue weighted by Crippen LogP contribution is -2.37. The summed E-state index contributed by atoms with van der Waals surface area (Å²) in [6.45, 7) is 1.10. The van der Waals surface area contributed by atoms with Crippen molar-refractivity contribution in [3.63, 3.8) is 0 Å². The molecule has 1 aliphatic rings. The van der Waals surface area contributed by atoms with Crippen LogP contribution in [0.2, 0.25) is 0 Å². The highest BCUT2D eigenvalue weighted by molar-refractivity contribution is 7.88. The van der Waals surface area contributed by atoms with Crippen molar-refractivity contribution in [3.05, 3.63) is 30.4 Å². The minimum absolute atomic E-state index is 0.270. The molecule has 7 nitrogen and oxygen atoms in total. The molecule has 2 aromatic rings. The average molecular weight is 321 g/mol. The molecule has 3 heterocycles. The van der Waals surface area contributed by atoms with Crippen LogP contribution in [0.3, 0.4) is 0 Å². The van der Waals surface area contributed by atoms with Crippen molar-refractivity contribution in [3.8, 4) is 11.4 Å². The molecule has 118 valence electrons. The minimum atomic E-state index is -3.08. The predicted molar refractivity (Wildman–Crippen MR) is 82.6 cm³/mol. The Morgan fingerprint density at radius 2 is 1.91 bits per heavy atom. The van der Waals surface area contributed by atoms with Crippen LogP contribution in [-0.2, 0) is 17.1 Å². The molecule has 8 heteroatoms. The lowest BCUT2D eigenvalue weighted by atomic mass is 9.95. The van der Waals surface area contributed by atoms with Crippen LogP contribution < -0.4 is 0 Å². The fraction of sp³-hybridized carbons (Fsp3) is 0.500. The molecular weight excluding hydrogens is 302 g/mol. The summed E-state index contributed by atoms with van der Waals surface area (Å²) in [7, 11) is -1.22. The number of hydrogen-bond donors (Lipinski definition) is 0. The molecule has 22 heavy (non-hydrogen) atoms.